The summed E-state index contributed by atoms with van der Waals surface area (Å²) in [5, 5.41) is 0. The predicted octanol–water partition coefficient (Wildman–Crippen LogP) is 1.83. The largest absolute Gasteiger partial charge is 0.618 e. The third-order valence-corrected chi connectivity index (χ3v) is 0.761. The number of hydrogen-bond donors (Lipinski definition) is 0. The lowest BCUT2D eigenvalue weighted by Crippen LogP contribution is -2.10. The highest BCUT2D eigenvalue weighted by molar-refractivity contribution is 7.22. The van der Waals surface area contributed by atoms with Crippen molar-refractivity contribution in [3.8, 4) is 0 Å². The Bertz CT molecular complexity index is 47.4. The zero-order valence-electron chi connectivity index (χ0n) is 6.27. The van der Waals surface area contributed by atoms with Crippen LogP contribution in [0, 0.1) is 6.92 Å². The second-order valence-electron chi connectivity index (χ2n) is 1.29. The van der Waals surface area contributed by atoms with E-state index in [0.29, 0.717) is 6.42 Å². The minimum absolute atomic E-state index is 0.125. The fourth-order valence-corrected chi connectivity index (χ4v) is 0.332. The summed E-state index contributed by atoms with van der Waals surface area (Å²) in [6.07, 6.45) is 0.535. The molecule has 0 aliphatic carbocycles. The summed E-state index contributed by atoms with van der Waals surface area (Å²) in [7, 11) is 13.0. The van der Waals surface area contributed by atoms with Crippen molar-refractivity contribution < 1.29 is 9.47 Å². The summed E-state index contributed by atoms with van der Waals surface area (Å²) in [5.41, 5.74) is 0. The van der Waals surface area contributed by atoms with E-state index in [2.05, 4.69) is 6.92 Å². The minimum atomic E-state index is -0.639. The Balaban J connectivity index is 0. The van der Waals surface area contributed by atoms with Crippen molar-refractivity contribution in [1.29, 1.82) is 0 Å². The molecule has 0 saturated heterocycles. The molecule has 10 heavy (non-hydrogen) atoms. The van der Waals surface area contributed by atoms with Gasteiger partial charge in [0.25, 0.3) is 0 Å². The monoisotopic (exact) mass is 197 g/mol. The van der Waals surface area contributed by atoms with Gasteiger partial charge in [-0.15, -0.1) is 0 Å². The van der Waals surface area contributed by atoms with Gasteiger partial charge in [-0.3, -0.25) is 0 Å². The van der Waals surface area contributed by atoms with Crippen molar-refractivity contribution in [3.05, 3.63) is 6.92 Å². The third-order valence-electron chi connectivity index (χ3n) is 0.761. The van der Waals surface area contributed by atoms with E-state index in [1.54, 1.807) is 14.2 Å². The Labute approximate surface area is 79.4 Å². The van der Waals surface area contributed by atoms with E-state index < -0.39 is 18.2 Å². The quantitative estimate of drug-likeness (QED) is 0.509. The van der Waals surface area contributed by atoms with Gasteiger partial charge in [0.05, 0.1) is 0 Å². The van der Waals surface area contributed by atoms with Gasteiger partial charge in [-0.1, -0.05) is 0 Å². The summed E-state index contributed by atoms with van der Waals surface area (Å²) >= 11 is -0.639. The zero-order chi connectivity index (χ0) is 8.41. The highest BCUT2D eigenvalue weighted by Crippen LogP contribution is 1.92. The molecule has 5 heteroatoms. The standard InChI is InChI=1S/C5H11O2.2ClH.Mg/c1-4-5(6-2)7-3;;;/h5H,1,4H2,2-3H3;2*1H;/q;;;+2/p-2. The molecule has 0 aromatic carbocycles. The lowest BCUT2D eigenvalue weighted by Gasteiger charge is -2.08. The lowest BCUT2D eigenvalue weighted by atomic mass is 10.5. The van der Waals surface area contributed by atoms with Crippen molar-refractivity contribution in [2.24, 2.45) is 0 Å². The van der Waals surface area contributed by atoms with Gasteiger partial charge in [-0.05, 0) is 13.3 Å². The Morgan fingerprint density at radius 2 is 1.70 bits per heavy atom. The molecule has 0 unspecified atom stereocenters. The number of halogens is 2. The second kappa shape index (κ2) is 12.9. The van der Waals surface area contributed by atoms with E-state index in [0.717, 1.165) is 0 Å². The predicted molar refractivity (Wildman–Crippen MR) is 45.2 cm³/mol. The molecule has 0 fully saturated rings. The van der Waals surface area contributed by atoms with Gasteiger partial charge in [0, 0.05) is 14.2 Å². The Morgan fingerprint density at radius 1 is 1.40 bits per heavy atom. The SMILES string of the molecule is [CH2]CC(OC)OC.[Cl][Mg][Cl]. The molecule has 0 saturated carbocycles. The topological polar surface area (TPSA) is 18.5 Å². The summed E-state index contributed by atoms with van der Waals surface area (Å²) in [5.74, 6) is 0. The Morgan fingerprint density at radius 3 is 1.70 bits per heavy atom. The van der Waals surface area contributed by atoms with Gasteiger partial charge in [0.1, 0.15) is 0 Å². The fraction of sp³-hybridized carbons (Fsp3) is 0.800. The summed E-state index contributed by atoms with van der Waals surface area (Å²) < 4.78 is 9.53. The van der Waals surface area contributed by atoms with Crippen LogP contribution in [-0.2, 0) is 9.47 Å². The van der Waals surface area contributed by atoms with E-state index in [9.17, 15) is 0 Å². The van der Waals surface area contributed by atoms with E-state index in [4.69, 9.17) is 27.6 Å². The van der Waals surface area contributed by atoms with E-state index in [-0.39, 0.29) is 6.29 Å². The van der Waals surface area contributed by atoms with Crippen molar-refractivity contribution in [1.82, 2.24) is 0 Å². The van der Waals surface area contributed by atoms with Crippen LogP contribution in [0.3, 0.4) is 0 Å². The molecule has 0 aliphatic heterocycles. The maximum Gasteiger partial charge on any atom is 0.618 e. The number of rotatable bonds is 3. The Hall–Kier alpha value is 1.27. The average molecular weight is 198 g/mol. The summed E-state index contributed by atoms with van der Waals surface area (Å²) in [4.78, 5) is 0. The molecule has 0 amide bonds. The van der Waals surface area contributed by atoms with Crippen LogP contribution in [0.1, 0.15) is 6.42 Å². The highest BCUT2D eigenvalue weighted by atomic mass is 35.6. The summed E-state index contributed by atoms with van der Waals surface area (Å²) in [6.45, 7) is 3.58. The molecule has 0 spiro atoms. The van der Waals surface area contributed by atoms with Crippen molar-refractivity contribution in [2.75, 3.05) is 14.2 Å². The van der Waals surface area contributed by atoms with Crippen LogP contribution in [0.25, 0.3) is 0 Å². The first-order valence-corrected chi connectivity index (χ1v) is 7.01. The molecule has 0 atom stereocenters. The number of ether oxygens (including phenoxy) is 2. The molecule has 2 nitrogen and oxygen atoms in total. The molecule has 1 radical (unpaired) electrons. The molecule has 0 heterocycles. The maximum atomic E-state index is 4.90. The first-order valence-electron chi connectivity index (χ1n) is 2.73. The highest BCUT2D eigenvalue weighted by Gasteiger charge is 1.96. The molecule has 0 bridgehead atoms. The smallest absolute Gasteiger partial charge is 0.356 e. The van der Waals surface area contributed by atoms with Crippen LogP contribution < -0.4 is 0 Å². The van der Waals surface area contributed by atoms with Crippen LogP contribution >= 0.6 is 18.1 Å². The molecule has 59 valence electrons. The van der Waals surface area contributed by atoms with Crippen LogP contribution in [0.2, 0.25) is 0 Å². The van der Waals surface area contributed by atoms with E-state index in [1.807, 2.05) is 0 Å². The van der Waals surface area contributed by atoms with E-state index in [1.165, 1.54) is 0 Å². The van der Waals surface area contributed by atoms with Gasteiger partial charge in [-0.2, -0.15) is 0 Å². The molecular formula is C5H11Cl2MgO2. The number of methoxy groups -OCH3 is 2. The first-order chi connectivity index (χ1) is 4.76. The van der Waals surface area contributed by atoms with Gasteiger partial charge >= 0.3 is 18.2 Å². The van der Waals surface area contributed by atoms with E-state index >= 15 is 0 Å². The molecule has 0 rings (SSSR count). The van der Waals surface area contributed by atoms with Crippen LogP contribution in [0.5, 0.6) is 0 Å². The minimum Gasteiger partial charge on any atom is -0.356 e. The molecule has 0 aliphatic rings. The molecule has 0 aromatic heterocycles. The van der Waals surface area contributed by atoms with Gasteiger partial charge < -0.3 is 27.6 Å². The Kier molecular flexibility index (Phi) is 17.8. The van der Waals surface area contributed by atoms with Crippen LogP contribution in [0.15, 0.2) is 0 Å². The van der Waals surface area contributed by atoms with Gasteiger partial charge in [0.15, 0.2) is 6.29 Å². The second-order valence-corrected chi connectivity index (χ2v) is 3.92. The zero-order valence-corrected chi connectivity index (χ0v) is 9.20. The summed E-state index contributed by atoms with van der Waals surface area (Å²) in [6, 6.07) is 0. The van der Waals surface area contributed by atoms with Crippen molar-refractivity contribution in [2.45, 2.75) is 12.7 Å². The fourth-order valence-electron chi connectivity index (χ4n) is 0.332. The lowest BCUT2D eigenvalue weighted by molar-refractivity contribution is -0.0990. The van der Waals surface area contributed by atoms with Crippen LogP contribution in [0.4, 0.5) is 0 Å². The molecule has 0 N–H and O–H groups in total. The molecule has 0 aromatic rings. The average Bonchev–Trinajstić information content (AvgIpc) is 1.93. The maximum absolute atomic E-state index is 4.90. The van der Waals surface area contributed by atoms with Crippen molar-refractivity contribution >= 4 is 36.3 Å². The van der Waals surface area contributed by atoms with Gasteiger partial charge in [0.2, 0.25) is 0 Å². The molecular weight excluding hydrogens is 187 g/mol. The third kappa shape index (κ3) is 12.0. The van der Waals surface area contributed by atoms with Crippen LogP contribution in [-0.4, -0.2) is 38.7 Å². The van der Waals surface area contributed by atoms with Crippen molar-refractivity contribution in [3.63, 3.8) is 0 Å². The normalized spacial score (nSPS) is 8.20. The van der Waals surface area contributed by atoms with Gasteiger partial charge in [-0.25, -0.2) is 0 Å². The first kappa shape index (κ1) is 13.8. The number of hydrogen-bond acceptors (Lipinski definition) is 2.